The molecule has 0 unspecified atom stereocenters. The predicted molar refractivity (Wildman–Crippen MR) is 122 cm³/mol. The maximum absolute atomic E-state index is 5.58. The second-order valence-electron chi connectivity index (χ2n) is 8.19. The Morgan fingerprint density at radius 2 is 1.77 bits per heavy atom. The summed E-state index contributed by atoms with van der Waals surface area (Å²) in [6, 6.07) is 19.0. The number of rotatable bonds is 9. The lowest BCUT2D eigenvalue weighted by Gasteiger charge is -2.37. The first-order chi connectivity index (χ1) is 15.3. The molecule has 2 heterocycles. The second kappa shape index (κ2) is 10.4. The van der Waals surface area contributed by atoms with E-state index in [9.17, 15) is 0 Å². The lowest BCUT2D eigenvalue weighted by Crippen LogP contribution is -3.15. The van der Waals surface area contributed by atoms with Crippen LogP contribution in [0.2, 0.25) is 0 Å². The van der Waals surface area contributed by atoms with E-state index in [0.29, 0.717) is 12.6 Å². The third-order valence-electron chi connectivity index (χ3n) is 6.22. The van der Waals surface area contributed by atoms with Gasteiger partial charge in [0.1, 0.15) is 11.8 Å². The topological polar surface area (TPSA) is 60.5 Å². The van der Waals surface area contributed by atoms with Crippen molar-refractivity contribution in [1.82, 2.24) is 20.2 Å². The Morgan fingerprint density at radius 3 is 2.52 bits per heavy atom. The first-order valence-corrected chi connectivity index (χ1v) is 11.3. The Labute approximate surface area is 184 Å². The molecule has 0 saturated carbocycles. The van der Waals surface area contributed by atoms with E-state index in [0.717, 1.165) is 44.2 Å². The Morgan fingerprint density at radius 1 is 1.03 bits per heavy atom. The summed E-state index contributed by atoms with van der Waals surface area (Å²) in [4.78, 5) is 4.01. The smallest absolute Gasteiger partial charge is 0.209 e. The van der Waals surface area contributed by atoms with E-state index in [1.807, 2.05) is 22.9 Å². The van der Waals surface area contributed by atoms with Gasteiger partial charge in [0.15, 0.2) is 0 Å². The number of methoxy groups -OCH3 is 1. The van der Waals surface area contributed by atoms with E-state index in [-0.39, 0.29) is 0 Å². The first kappa shape index (κ1) is 21.3. The molecular weight excluding hydrogens is 388 g/mol. The SMILES string of the molecule is CCCC[C@@H](c1nnnn1Cc1ccccc1)[NH+]1CCN(c2ccccc2OC)CC1. The molecule has 0 spiro atoms. The first-order valence-electron chi connectivity index (χ1n) is 11.3. The standard InChI is InChI=1S/C24H32N6O/c1-3-4-12-22(24-25-26-27-30(24)19-20-10-6-5-7-11-20)29-17-15-28(16-18-29)21-13-8-9-14-23(21)31-2/h5-11,13-14,22H,3-4,12,15-19H2,1-2H3/p+1/t22-/m0/s1. The molecule has 0 amide bonds. The number of hydrogen-bond acceptors (Lipinski definition) is 5. The molecule has 0 bridgehead atoms. The van der Waals surface area contributed by atoms with Gasteiger partial charge in [0.25, 0.3) is 0 Å². The zero-order chi connectivity index (χ0) is 21.5. The monoisotopic (exact) mass is 421 g/mol. The van der Waals surface area contributed by atoms with Crippen LogP contribution in [0.15, 0.2) is 54.6 Å². The van der Waals surface area contributed by atoms with Crippen LogP contribution in [0.25, 0.3) is 0 Å². The van der Waals surface area contributed by atoms with Crippen molar-refractivity contribution >= 4 is 5.69 Å². The summed E-state index contributed by atoms with van der Waals surface area (Å²) < 4.78 is 7.57. The fraction of sp³-hybridized carbons (Fsp3) is 0.458. The molecule has 1 aliphatic heterocycles. The fourth-order valence-electron chi connectivity index (χ4n) is 4.53. The van der Waals surface area contributed by atoms with Crippen molar-refractivity contribution < 1.29 is 9.64 Å². The normalized spacial score (nSPS) is 15.7. The zero-order valence-corrected chi connectivity index (χ0v) is 18.6. The van der Waals surface area contributed by atoms with Crippen molar-refractivity contribution in [3.63, 3.8) is 0 Å². The number of nitrogens with one attached hydrogen (secondary N) is 1. The van der Waals surface area contributed by atoms with Crippen LogP contribution in [0.4, 0.5) is 5.69 Å². The zero-order valence-electron chi connectivity index (χ0n) is 18.6. The number of piperazine rings is 1. The molecular formula is C24H33N6O+. The number of nitrogens with zero attached hydrogens (tertiary/aromatic N) is 5. The molecule has 0 radical (unpaired) electrons. The third-order valence-corrected chi connectivity index (χ3v) is 6.22. The van der Waals surface area contributed by atoms with Crippen LogP contribution in [0.3, 0.4) is 0 Å². The van der Waals surface area contributed by atoms with Gasteiger partial charge in [0.2, 0.25) is 5.82 Å². The minimum Gasteiger partial charge on any atom is -0.495 e. The average molecular weight is 422 g/mol. The molecule has 1 aromatic heterocycles. The number of aromatic nitrogens is 4. The lowest BCUT2D eigenvalue weighted by atomic mass is 10.1. The van der Waals surface area contributed by atoms with Crippen LogP contribution in [-0.2, 0) is 6.54 Å². The van der Waals surface area contributed by atoms with Crippen LogP contribution in [-0.4, -0.2) is 53.5 Å². The van der Waals surface area contributed by atoms with E-state index in [2.05, 4.69) is 63.7 Å². The number of benzene rings is 2. The maximum Gasteiger partial charge on any atom is 0.209 e. The number of ether oxygens (including phenoxy) is 1. The summed E-state index contributed by atoms with van der Waals surface area (Å²) in [5.41, 5.74) is 2.41. The highest BCUT2D eigenvalue weighted by molar-refractivity contribution is 5.58. The number of anilines is 1. The van der Waals surface area contributed by atoms with Crippen LogP contribution in [0, 0.1) is 0 Å². The number of quaternary nitrogens is 1. The van der Waals surface area contributed by atoms with Crippen LogP contribution < -0.4 is 14.5 Å². The van der Waals surface area contributed by atoms with Gasteiger partial charge in [0.05, 0.1) is 45.5 Å². The van der Waals surface area contributed by atoms with Gasteiger partial charge >= 0.3 is 0 Å². The maximum atomic E-state index is 5.58. The lowest BCUT2D eigenvalue weighted by molar-refractivity contribution is -0.933. The highest BCUT2D eigenvalue weighted by atomic mass is 16.5. The van der Waals surface area contributed by atoms with Gasteiger partial charge < -0.3 is 14.5 Å². The van der Waals surface area contributed by atoms with Gasteiger partial charge in [-0.2, -0.15) is 0 Å². The van der Waals surface area contributed by atoms with Crippen molar-refractivity contribution in [2.45, 2.75) is 38.8 Å². The molecule has 164 valence electrons. The molecule has 0 aliphatic carbocycles. The van der Waals surface area contributed by atoms with Crippen molar-refractivity contribution in [3.8, 4) is 5.75 Å². The van der Waals surface area contributed by atoms with Crippen LogP contribution in [0.1, 0.15) is 43.6 Å². The summed E-state index contributed by atoms with van der Waals surface area (Å²) in [6.07, 6.45) is 3.47. The van der Waals surface area contributed by atoms with Crippen molar-refractivity contribution in [1.29, 1.82) is 0 Å². The third kappa shape index (κ3) is 5.05. The van der Waals surface area contributed by atoms with Crippen LogP contribution >= 0.6 is 0 Å². The molecule has 1 atom stereocenters. The largest absolute Gasteiger partial charge is 0.495 e. The molecule has 1 aliphatic rings. The van der Waals surface area contributed by atoms with E-state index >= 15 is 0 Å². The summed E-state index contributed by atoms with van der Waals surface area (Å²) in [5.74, 6) is 1.96. The summed E-state index contributed by atoms with van der Waals surface area (Å²) in [6.45, 7) is 7.08. The predicted octanol–water partition coefficient (Wildman–Crippen LogP) is 2.37. The second-order valence-corrected chi connectivity index (χ2v) is 8.19. The molecule has 3 aromatic rings. The average Bonchev–Trinajstić information content (AvgIpc) is 3.28. The molecule has 4 rings (SSSR count). The number of unbranched alkanes of at least 4 members (excludes halogenated alkanes) is 1. The quantitative estimate of drug-likeness (QED) is 0.575. The van der Waals surface area contributed by atoms with E-state index in [1.54, 1.807) is 12.0 Å². The van der Waals surface area contributed by atoms with E-state index < -0.39 is 0 Å². The molecule has 7 nitrogen and oxygen atoms in total. The summed E-state index contributed by atoms with van der Waals surface area (Å²) in [7, 11) is 1.74. The molecule has 1 fully saturated rings. The molecule has 31 heavy (non-hydrogen) atoms. The van der Waals surface area contributed by atoms with Gasteiger partial charge in [0, 0.05) is 6.42 Å². The van der Waals surface area contributed by atoms with Gasteiger partial charge in [-0.1, -0.05) is 55.8 Å². The Kier molecular flexibility index (Phi) is 7.14. The number of tetrazole rings is 1. The minimum atomic E-state index is 0.318. The highest BCUT2D eigenvalue weighted by Crippen LogP contribution is 2.27. The number of para-hydroxylation sites is 2. The molecule has 1 N–H and O–H groups in total. The fourth-order valence-corrected chi connectivity index (χ4v) is 4.53. The van der Waals surface area contributed by atoms with Gasteiger partial charge in [-0.25, -0.2) is 4.68 Å². The van der Waals surface area contributed by atoms with Gasteiger partial charge in [-0.15, -0.1) is 5.10 Å². The summed E-state index contributed by atoms with van der Waals surface area (Å²) in [5, 5.41) is 12.9. The van der Waals surface area contributed by atoms with Crippen LogP contribution in [0.5, 0.6) is 5.75 Å². The Bertz CT molecular complexity index is 936. The van der Waals surface area contributed by atoms with Crippen molar-refractivity contribution in [3.05, 3.63) is 66.0 Å². The summed E-state index contributed by atoms with van der Waals surface area (Å²) >= 11 is 0. The Hall–Kier alpha value is -2.93. The van der Waals surface area contributed by atoms with E-state index in [4.69, 9.17) is 4.74 Å². The minimum absolute atomic E-state index is 0.318. The molecule has 1 saturated heterocycles. The highest BCUT2D eigenvalue weighted by Gasteiger charge is 2.32. The Balaban J connectivity index is 1.49. The molecule has 7 heteroatoms. The van der Waals surface area contributed by atoms with Gasteiger partial charge in [-0.3, -0.25) is 0 Å². The van der Waals surface area contributed by atoms with Crippen molar-refractivity contribution in [2.75, 3.05) is 38.2 Å². The van der Waals surface area contributed by atoms with Gasteiger partial charge in [-0.05, 0) is 34.5 Å². The van der Waals surface area contributed by atoms with E-state index in [1.165, 1.54) is 24.1 Å². The molecule has 2 aromatic carbocycles. The van der Waals surface area contributed by atoms with Crippen molar-refractivity contribution in [2.24, 2.45) is 0 Å². The number of hydrogen-bond donors (Lipinski definition) is 1.